The molecule has 0 amide bonds. The molecule has 20 heavy (non-hydrogen) atoms. The van der Waals surface area contributed by atoms with E-state index in [1.165, 1.54) is 6.07 Å². The van der Waals surface area contributed by atoms with Crippen molar-refractivity contribution < 1.29 is 13.2 Å². The van der Waals surface area contributed by atoms with E-state index in [9.17, 15) is 13.2 Å². The zero-order valence-electron chi connectivity index (χ0n) is 11.7. The minimum atomic E-state index is -4.36. The van der Waals surface area contributed by atoms with Crippen molar-refractivity contribution in [3.63, 3.8) is 0 Å². The summed E-state index contributed by atoms with van der Waals surface area (Å²) in [5, 5.41) is 0. The van der Waals surface area contributed by atoms with Gasteiger partial charge in [-0.05, 0) is 37.5 Å². The smallest absolute Gasteiger partial charge is 0.369 e. The molecule has 0 aliphatic rings. The molecule has 2 N–H and O–H groups in total. The van der Waals surface area contributed by atoms with Gasteiger partial charge in [-0.25, -0.2) is 4.98 Å². The maximum Gasteiger partial charge on any atom is 0.416 e. The molecule has 1 aromatic heterocycles. The van der Waals surface area contributed by atoms with Crippen LogP contribution >= 0.6 is 0 Å². The van der Waals surface area contributed by atoms with Crippen LogP contribution in [0.1, 0.15) is 38.8 Å². The molecule has 1 heterocycles. The fourth-order valence-corrected chi connectivity index (χ4v) is 2.54. The molecule has 0 saturated carbocycles. The van der Waals surface area contributed by atoms with Gasteiger partial charge in [0.15, 0.2) is 0 Å². The topological polar surface area (TPSA) is 43.8 Å². The number of rotatable bonds is 3. The maximum atomic E-state index is 12.7. The number of nitrogen functional groups attached to an aromatic ring is 1. The molecule has 0 aliphatic heterocycles. The minimum absolute atomic E-state index is 0.0942. The Labute approximate surface area is 115 Å². The van der Waals surface area contributed by atoms with Crippen molar-refractivity contribution in [3.8, 4) is 0 Å². The van der Waals surface area contributed by atoms with Gasteiger partial charge in [0.1, 0.15) is 0 Å². The van der Waals surface area contributed by atoms with Crippen LogP contribution in [0.4, 0.5) is 19.1 Å². The summed E-state index contributed by atoms with van der Waals surface area (Å²) in [6.45, 7) is 6.18. The highest BCUT2D eigenvalue weighted by atomic mass is 19.4. The first-order valence-corrected chi connectivity index (χ1v) is 6.54. The van der Waals surface area contributed by atoms with Crippen LogP contribution in [0, 0.1) is 5.92 Å². The second-order valence-electron chi connectivity index (χ2n) is 5.52. The molecule has 0 spiro atoms. The number of hydrogen-bond acceptors (Lipinski definition) is 2. The highest BCUT2D eigenvalue weighted by molar-refractivity contribution is 5.79. The van der Waals surface area contributed by atoms with Gasteiger partial charge in [-0.15, -0.1) is 0 Å². The van der Waals surface area contributed by atoms with E-state index in [1.54, 1.807) is 4.57 Å². The lowest BCUT2D eigenvalue weighted by molar-refractivity contribution is -0.137. The van der Waals surface area contributed by atoms with E-state index in [1.807, 2.05) is 6.92 Å². The number of fused-ring (bicyclic) bond motifs is 1. The van der Waals surface area contributed by atoms with E-state index in [0.717, 1.165) is 18.6 Å². The van der Waals surface area contributed by atoms with E-state index in [-0.39, 0.29) is 17.5 Å². The van der Waals surface area contributed by atoms with Crippen LogP contribution in [-0.4, -0.2) is 9.55 Å². The summed E-state index contributed by atoms with van der Waals surface area (Å²) in [5.41, 5.74) is 6.08. The predicted octanol–water partition coefficient (Wildman–Crippen LogP) is 4.24. The quantitative estimate of drug-likeness (QED) is 0.916. The number of halogens is 3. The molecule has 0 fully saturated rings. The molecular formula is C14H18F3N3. The summed E-state index contributed by atoms with van der Waals surface area (Å²) in [4.78, 5) is 4.06. The average molecular weight is 285 g/mol. The molecular weight excluding hydrogens is 267 g/mol. The molecule has 0 bridgehead atoms. The van der Waals surface area contributed by atoms with Gasteiger partial charge in [0.2, 0.25) is 5.95 Å². The number of hydrogen-bond donors (Lipinski definition) is 1. The summed E-state index contributed by atoms with van der Waals surface area (Å²) < 4.78 is 39.9. The van der Waals surface area contributed by atoms with Crippen molar-refractivity contribution in [1.82, 2.24) is 9.55 Å². The monoisotopic (exact) mass is 285 g/mol. The number of alkyl halides is 3. The average Bonchev–Trinajstić information content (AvgIpc) is 2.61. The molecule has 0 aliphatic carbocycles. The molecule has 2 aromatic rings. The van der Waals surface area contributed by atoms with Crippen molar-refractivity contribution in [2.75, 3.05) is 5.73 Å². The van der Waals surface area contributed by atoms with Crippen molar-refractivity contribution >= 4 is 17.0 Å². The number of imidazole rings is 1. The molecule has 1 atom stereocenters. The van der Waals surface area contributed by atoms with E-state index >= 15 is 0 Å². The van der Waals surface area contributed by atoms with Gasteiger partial charge in [0, 0.05) is 6.04 Å². The summed E-state index contributed by atoms with van der Waals surface area (Å²) in [6.07, 6.45) is -3.48. The molecule has 2 rings (SSSR count). The fourth-order valence-electron chi connectivity index (χ4n) is 2.54. The van der Waals surface area contributed by atoms with Crippen LogP contribution in [0.5, 0.6) is 0 Å². The molecule has 0 radical (unpaired) electrons. The Hall–Kier alpha value is -1.72. The van der Waals surface area contributed by atoms with Crippen molar-refractivity contribution in [1.29, 1.82) is 0 Å². The Balaban J connectivity index is 2.50. The second kappa shape index (κ2) is 5.00. The van der Waals surface area contributed by atoms with Crippen molar-refractivity contribution in [3.05, 3.63) is 23.8 Å². The zero-order chi connectivity index (χ0) is 15.1. The molecule has 1 aromatic carbocycles. The number of aromatic nitrogens is 2. The normalized spacial score (nSPS) is 14.2. The third-order valence-electron chi connectivity index (χ3n) is 3.30. The summed E-state index contributed by atoms with van der Waals surface area (Å²) in [5.74, 6) is 0.726. The first-order valence-electron chi connectivity index (χ1n) is 6.54. The van der Waals surface area contributed by atoms with Crippen molar-refractivity contribution in [2.45, 2.75) is 39.4 Å². The van der Waals surface area contributed by atoms with Gasteiger partial charge < -0.3 is 10.3 Å². The highest BCUT2D eigenvalue weighted by Crippen LogP contribution is 2.33. The standard InChI is InChI=1S/C14H18F3N3/c1-8(2)6-9(3)20-12-5-4-10(14(15,16)17)7-11(12)19-13(20)18/h4-5,7-9H,6H2,1-3H3,(H2,18,19). The lowest BCUT2D eigenvalue weighted by atomic mass is 10.0. The Kier molecular flexibility index (Phi) is 3.67. The van der Waals surface area contributed by atoms with Crippen LogP contribution in [-0.2, 0) is 6.18 Å². The predicted molar refractivity (Wildman–Crippen MR) is 73.3 cm³/mol. The summed E-state index contributed by atoms with van der Waals surface area (Å²) in [7, 11) is 0. The third kappa shape index (κ3) is 2.73. The SMILES string of the molecule is CC(C)CC(C)n1c(N)nc2cc(C(F)(F)F)ccc21. The number of benzene rings is 1. The van der Waals surface area contributed by atoms with E-state index in [2.05, 4.69) is 18.8 Å². The third-order valence-corrected chi connectivity index (χ3v) is 3.30. The maximum absolute atomic E-state index is 12.7. The van der Waals surface area contributed by atoms with Gasteiger partial charge in [0.25, 0.3) is 0 Å². The Bertz CT molecular complexity index is 614. The van der Waals surface area contributed by atoms with Gasteiger partial charge in [-0.2, -0.15) is 13.2 Å². The first-order chi connectivity index (χ1) is 9.20. The molecule has 3 nitrogen and oxygen atoms in total. The molecule has 110 valence electrons. The summed E-state index contributed by atoms with van der Waals surface area (Å²) >= 11 is 0. The van der Waals surface area contributed by atoms with E-state index < -0.39 is 11.7 Å². The van der Waals surface area contributed by atoms with Crippen LogP contribution in [0.3, 0.4) is 0 Å². The number of anilines is 1. The number of nitrogens with zero attached hydrogens (tertiary/aromatic N) is 2. The lowest BCUT2D eigenvalue weighted by Gasteiger charge is -2.18. The van der Waals surface area contributed by atoms with Crippen LogP contribution < -0.4 is 5.73 Å². The molecule has 1 unspecified atom stereocenters. The largest absolute Gasteiger partial charge is 0.416 e. The Morgan fingerprint density at radius 3 is 2.45 bits per heavy atom. The second-order valence-corrected chi connectivity index (χ2v) is 5.52. The van der Waals surface area contributed by atoms with Crippen LogP contribution in [0.15, 0.2) is 18.2 Å². The lowest BCUT2D eigenvalue weighted by Crippen LogP contribution is -2.11. The number of nitrogens with two attached hydrogens (primary N) is 1. The molecule has 0 saturated heterocycles. The minimum Gasteiger partial charge on any atom is -0.369 e. The van der Waals surface area contributed by atoms with Gasteiger partial charge in [-0.1, -0.05) is 13.8 Å². The van der Waals surface area contributed by atoms with Gasteiger partial charge in [0.05, 0.1) is 16.6 Å². The zero-order valence-corrected chi connectivity index (χ0v) is 11.7. The van der Waals surface area contributed by atoms with E-state index in [0.29, 0.717) is 11.4 Å². The van der Waals surface area contributed by atoms with Gasteiger partial charge in [-0.3, -0.25) is 0 Å². The van der Waals surface area contributed by atoms with Crippen LogP contribution in [0.2, 0.25) is 0 Å². The van der Waals surface area contributed by atoms with Gasteiger partial charge >= 0.3 is 6.18 Å². The van der Waals surface area contributed by atoms with E-state index in [4.69, 9.17) is 5.73 Å². The van der Waals surface area contributed by atoms with Crippen LogP contribution in [0.25, 0.3) is 11.0 Å². The highest BCUT2D eigenvalue weighted by Gasteiger charge is 2.31. The Morgan fingerprint density at radius 2 is 1.90 bits per heavy atom. The molecule has 6 heteroatoms. The first kappa shape index (κ1) is 14.7. The summed E-state index contributed by atoms with van der Waals surface area (Å²) in [6, 6.07) is 3.65. The fraction of sp³-hybridized carbons (Fsp3) is 0.500. The Morgan fingerprint density at radius 1 is 1.25 bits per heavy atom. The van der Waals surface area contributed by atoms with Crippen molar-refractivity contribution in [2.24, 2.45) is 5.92 Å².